The fourth-order valence-electron chi connectivity index (χ4n) is 1.14. The third kappa shape index (κ3) is 2.91. The van der Waals surface area contributed by atoms with Crippen LogP contribution in [0.25, 0.3) is 0 Å². The van der Waals surface area contributed by atoms with Crippen molar-refractivity contribution in [2.45, 2.75) is 6.92 Å². The van der Waals surface area contributed by atoms with E-state index in [1.165, 1.54) is 30.4 Å². The fourth-order valence-corrected chi connectivity index (χ4v) is 1.67. The highest BCUT2D eigenvalue weighted by Crippen LogP contribution is 2.16. The molecule has 0 aliphatic carbocycles. The third-order valence-electron chi connectivity index (χ3n) is 1.78. The molecule has 0 bridgehead atoms. The van der Waals surface area contributed by atoms with E-state index in [1.54, 1.807) is 11.6 Å². The minimum Gasteiger partial charge on any atom is -0.435 e. The van der Waals surface area contributed by atoms with Gasteiger partial charge in [0.25, 0.3) is 5.91 Å². The van der Waals surface area contributed by atoms with Crippen molar-refractivity contribution in [3.8, 4) is 0 Å². The second kappa shape index (κ2) is 4.79. The van der Waals surface area contributed by atoms with Crippen molar-refractivity contribution in [1.29, 1.82) is 0 Å². The predicted molar refractivity (Wildman–Crippen MR) is 63.1 cm³/mol. The average Bonchev–Trinajstić information content (AvgIpc) is 2.87. The van der Waals surface area contributed by atoms with Gasteiger partial charge in [0, 0.05) is 24.6 Å². The molecule has 0 radical (unpaired) electrons. The highest BCUT2D eigenvalue weighted by atomic mass is 32.1. The van der Waals surface area contributed by atoms with E-state index in [4.69, 9.17) is 4.42 Å². The van der Waals surface area contributed by atoms with Gasteiger partial charge in [-0.15, -0.1) is 11.3 Å². The Morgan fingerprint density at radius 1 is 1.35 bits per heavy atom. The van der Waals surface area contributed by atoms with E-state index in [-0.39, 0.29) is 17.6 Å². The van der Waals surface area contributed by atoms with Crippen LogP contribution in [-0.2, 0) is 4.79 Å². The molecule has 2 amide bonds. The summed E-state index contributed by atoms with van der Waals surface area (Å²) >= 11 is 1.31. The largest absolute Gasteiger partial charge is 0.435 e. The van der Waals surface area contributed by atoms with Gasteiger partial charge < -0.3 is 4.42 Å². The smallest absolute Gasteiger partial charge is 0.293 e. The second-order valence-electron chi connectivity index (χ2n) is 3.14. The molecule has 0 aromatic carbocycles. The molecule has 17 heavy (non-hydrogen) atoms. The molecule has 88 valence electrons. The van der Waals surface area contributed by atoms with E-state index in [2.05, 4.69) is 15.6 Å². The number of carbonyl (C=O) groups excluding carboxylic acids is 2. The highest BCUT2D eigenvalue weighted by molar-refractivity contribution is 7.13. The van der Waals surface area contributed by atoms with Gasteiger partial charge in [0.05, 0.1) is 0 Å². The van der Waals surface area contributed by atoms with Crippen LogP contribution in [0.5, 0.6) is 0 Å². The first kappa shape index (κ1) is 11.3. The lowest BCUT2D eigenvalue weighted by molar-refractivity contribution is -0.114. The van der Waals surface area contributed by atoms with Crippen molar-refractivity contribution < 1.29 is 14.0 Å². The molecule has 0 aliphatic rings. The summed E-state index contributed by atoms with van der Waals surface area (Å²) in [6.07, 6.45) is 1.59. The van der Waals surface area contributed by atoms with Gasteiger partial charge in [0.15, 0.2) is 16.8 Å². The average molecular weight is 251 g/mol. The number of aromatic nitrogens is 1. The normalized spacial score (nSPS) is 9.94. The van der Waals surface area contributed by atoms with Gasteiger partial charge >= 0.3 is 0 Å². The van der Waals surface area contributed by atoms with Gasteiger partial charge in [0.2, 0.25) is 5.91 Å². The maximum atomic E-state index is 11.7. The van der Waals surface area contributed by atoms with Crippen LogP contribution >= 0.6 is 11.3 Å². The molecule has 0 spiro atoms. The van der Waals surface area contributed by atoms with Gasteiger partial charge in [-0.05, 0) is 6.07 Å². The molecule has 0 unspecified atom stereocenters. The summed E-state index contributed by atoms with van der Waals surface area (Å²) in [4.78, 5) is 26.3. The van der Waals surface area contributed by atoms with E-state index < -0.39 is 5.91 Å². The van der Waals surface area contributed by atoms with Gasteiger partial charge in [-0.25, -0.2) is 4.98 Å². The predicted octanol–water partition coefficient (Wildman–Crippen LogP) is 1.95. The highest BCUT2D eigenvalue weighted by Gasteiger charge is 2.12. The van der Waals surface area contributed by atoms with Crippen LogP contribution in [-0.4, -0.2) is 16.8 Å². The van der Waals surface area contributed by atoms with Crippen molar-refractivity contribution >= 4 is 34.2 Å². The lowest BCUT2D eigenvalue weighted by Crippen LogP contribution is -2.10. The first-order chi connectivity index (χ1) is 8.15. The Kier molecular flexibility index (Phi) is 3.20. The molecular weight excluding hydrogens is 242 g/mol. The summed E-state index contributed by atoms with van der Waals surface area (Å²) in [6, 6.07) is 2.99. The molecule has 2 aromatic rings. The van der Waals surface area contributed by atoms with Crippen LogP contribution in [0.2, 0.25) is 0 Å². The SMILES string of the molecule is CC(=O)Nc1ccc(C(=O)Nc2nccs2)o1. The lowest BCUT2D eigenvalue weighted by Gasteiger charge is -1.98. The minimum atomic E-state index is -0.406. The van der Waals surface area contributed by atoms with E-state index in [9.17, 15) is 9.59 Å². The van der Waals surface area contributed by atoms with E-state index >= 15 is 0 Å². The van der Waals surface area contributed by atoms with Crippen LogP contribution in [0.4, 0.5) is 11.0 Å². The Balaban J connectivity index is 2.04. The number of hydrogen-bond donors (Lipinski definition) is 2. The summed E-state index contributed by atoms with van der Waals surface area (Å²) in [5.41, 5.74) is 0. The molecule has 2 heterocycles. The summed E-state index contributed by atoms with van der Waals surface area (Å²) < 4.78 is 5.14. The van der Waals surface area contributed by atoms with Crippen LogP contribution in [0, 0.1) is 0 Å². The Hall–Kier alpha value is -2.15. The molecular formula is C10H9N3O3S. The number of nitrogens with one attached hydrogen (secondary N) is 2. The molecule has 0 saturated carbocycles. The van der Waals surface area contributed by atoms with Crippen LogP contribution in [0.1, 0.15) is 17.5 Å². The molecule has 6 nitrogen and oxygen atoms in total. The molecule has 2 N–H and O–H groups in total. The molecule has 0 fully saturated rings. The Bertz CT molecular complexity index is 533. The Morgan fingerprint density at radius 2 is 2.18 bits per heavy atom. The molecule has 2 aromatic heterocycles. The van der Waals surface area contributed by atoms with Crippen molar-refractivity contribution in [3.63, 3.8) is 0 Å². The van der Waals surface area contributed by atoms with Gasteiger partial charge in [0.1, 0.15) is 0 Å². The molecule has 0 atom stereocenters. The van der Waals surface area contributed by atoms with E-state index in [0.717, 1.165) is 0 Å². The Morgan fingerprint density at radius 3 is 2.82 bits per heavy atom. The summed E-state index contributed by atoms with van der Waals surface area (Å²) in [5.74, 6) is -0.312. The zero-order valence-electron chi connectivity index (χ0n) is 8.89. The molecule has 0 saturated heterocycles. The summed E-state index contributed by atoms with van der Waals surface area (Å²) in [6.45, 7) is 1.36. The number of rotatable bonds is 3. The van der Waals surface area contributed by atoms with Gasteiger partial charge in [-0.2, -0.15) is 0 Å². The quantitative estimate of drug-likeness (QED) is 0.873. The number of nitrogens with zero attached hydrogens (tertiary/aromatic N) is 1. The number of thiazole rings is 1. The first-order valence-corrected chi connectivity index (χ1v) is 5.61. The number of furan rings is 1. The van der Waals surface area contributed by atoms with Crippen LogP contribution in [0.15, 0.2) is 28.1 Å². The number of carbonyl (C=O) groups is 2. The number of anilines is 2. The molecule has 2 rings (SSSR count). The summed E-state index contributed by atoms with van der Waals surface area (Å²) in [7, 11) is 0. The minimum absolute atomic E-state index is 0.115. The summed E-state index contributed by atoms with van der Waals surface area (Å²) in [5, 5.41) is 7.25. The first-order valence-electron chi connectivity index (χ1n) is 4.73. The Labute approximate surface area is 101 Å². The van der Waals surface area contributed by atoms with Crippen LogP contribution in [0.3, 0.4) is 0 Å². The van der Waals surface area contributed by atoms with E-state index in [0.29, 0.717) is 5.13 Å². The van der Waals surface area contributed by atoms with Crippen molar-refractivity contribution in [2.75, 3.05) is 10.6 Å². The van der Waals surface area contributed by atoms with Gasteiger partial charge in [-0.3, -0.25) is 20.2 Å². The zero-order chi connectivity index (χ0) is 12.3. The van der Waals surface area contributed by atoms with Crippen molar-refractivity contribution in [1.82, 2.24) is 4.98 Å². The monoisotopic (exact) mass is 251 g/mol. The molecule has 7 heteroatoms. The standard InChI is InChI=1S/C10H9N3O3S/c1-6(14)12-8-3-2-7(16-8)9(15)13-10-11-4-5-17-10/h2-5H,1H3,(H,12,14)(H,11,13,15). The zero-order valence-corrected chi connectivity index (χ0v) is 9.71. The fraction of sp³-hybridized carbons (Fsp3) is 0.100. The molecule has 0 aliphatic heterocycles. The maximum Gasteiger partial charge on any atom is 0.293 e. The topological polar surface area (TPSA) is 84.2 Å². The number of hydrogen-bond acceptors (Lipinski definition) is 5. The third-order valence-corrected chi connectivity index (χ3v) is 2.47. The van der Waals surface area contributed by atoms with E-state index in [1.807, 2.05) is 0 Å². The van der Waals surface area contributed by atoms with Crippen molar-refractivity contribution in [2.24, 2.45) is 0 Å². The van der Waals surface area contributed by atoms with Crippen molar-refractivity contribution in [3.05, 3.63) is 29.5 Å². The maximum absolute atomic E-state index is 11.7. The number of amides is 2. The van der Waals surface area contributed by atoms with Crippen LogP contribution < -0.4 is 10.6 Å². The second-order valence-corrected chi connectivity index (χ2v) is 4.03. The lowest BCUT2D eigenvalue weighted by atomic mass is 10.4. The van der Waals surface area contributed by atoms with Gasteiger partial charge in [-0.1, -0.05) is 0 Å².